The predicted octanol–water partition coefficient (Wildman–Crippen LogP) is 3.85. The number of aromatic nitrogens is 2. The number of hydrogen-bond donors (Lipinski definition) is 1. The zero-order valence-electron chi connectivity index (χ0n) is 10.7. The highest BCUT2D eigenvalue weighted by molar-refractivity contribution is 5.46. The molecule has 2 aromatic rings. The van der Waals surface area contributed by atoms with Crippen LogP contribution in [0.2, 0.25) is 0 Å². The van der Waals surface area contributed by atoms with Gasteiger partial charge in [-0.1, -0.05) is 6.07 Å². The molecule has 3 nitrogen and oxygen atoms in total. The van der Waals surface area contributed by atoms with E-state index < -0.39 is 11.7 Å². The molecule has 1 aromatic carbocycles. The Labute approximate surface area is 114 Å². The minimum atomic E-state index is -4.31. The Morgan fingerprint density at radius 1 is 1.30 bits per heavy atom. The summed E-state index contributed by atoms with van der Waals surface area (Å²) in [5, 5.41) is 3.02. The number of alkyl halides is 3. The number of rotatable bonds is 4. The van der Waals surface area contributed by atoms with Crippen molar-refractivity contribution in [3.8, 4) is 0 Å². The van der Waals surface area contributed by atoms with Gasteiger partial charge >= 0.3 is 6.18 Å². The predicted molar refractivity (Wildman–Crippen MR) is 69.3 cm³/mol. The van der Waals surface area contributed by atoms with Gasteiger partial charge in [0.15, 0.2) is 0 Å². The number of anilines is 1. The van der Waals surface area contributed by atoms with Crippen LogP contribution in [0.5, 0.6) is 0 Å². The van der Waals surface area contributed by atoms with E-state index in [1.807, 2.05) is 0 Å². The van der Waals surface area contributed by atoms with Crippen LogP contribution in [-0.4, -0.2) is 9.55 Å². The molecule has 0 amide bonds. The van der Waals surface area contributed by atoms with E-state index in [2.05, 4.69) is 14.9 Å². The Balaban J connectivity index is 1.70. The molecule has 0 aliphatic heterocycles. The van der Waals surface area contributed by atoms with Crippen molar-refractivity contribution < 1.29 is 13.2 Å². The summed E-state index contributed by atoms with van der Waals surface area (Å²) in [6.45, 7) is 0.470. The van der Waals surface area contributed by atoms with Crippen molar-refractivity contribution in [2.75, 3.05) is 5.32 Å². The van der Waals surface area contributed by atoms with E-state index in [1.165, 1.54) is 6.07 Å². The number of imidazole rings is 1. The standard InChI is InChI=1S/C14H14F3N3/c15-14(16,17)10-2-1-3-11(6-10)19-8-13-7-18-9-20(13)12-4-5-12/h1-3,6-7,9,12,19H,4-5,8H2. The SMILES string of the molecule is FC(F)(F)c1cccc(NCc2cncn2C2CC2)c1. The lowest BCUT2D eigenvalue weighted by atomic mass is 10.2. The first-order chi connectivity index (χ1) is 9.54. The first-order valence-electron chi connectivity index (χ1n) is 6.46. The van der Waals surface area contributed by atoms with Crippen LogP contribution >= 0.6 is 0 Å². The highest BCUT2D eigenvalue weighted by Crippen LogP contribution is 2.36. The highest BCUT2D eigenvalue weighted by Gasteiger charge is 2.30. The van der Waals surface area contributed by atoms with E-state index in [4.69, 9.17) is 0 Å². The van der Waals surface area contributed by atoms with Crippen LogP contribution in [0.15, 0.2) is 36.8 Å². The fraction of sp³-hybridized carbons (Fsp3) is 0.357. The first kappa shape index (κ1) is 13.0. The van der Waals surface area contributed by atoms with Crippen molar-refractivity contribution in [3.05, 3.63) is 48.0 Å². The number of halogens is 3. The smallest absolute Gasteiger partial charge is 0.379 e. The van der Waals surface area contributed by atoms with E-state index in [-0.39, 0.29) is 0 Å². The zero-order valence-corrected chi connectivity index (χ0v) is 10.7. The lowest BCUT2D eigenvalue weighted by Gasteiger charge is -2.11. The van der Waals surface area contributed by atoms with Crippen molar-refractivity contribution in [2.24, 2.45) is 0 Å². The van der Waals surface area contributed by atoms with Crippen molar-refractivity contribution in [3.63, 3.8) is 0 Å². The van der Waals surface area contributed by atoms with E-state index >= 15 is 0 Å². The average molecular weight is 281 g/mol. The fourth-order valence-electron chi connectivity index (χ4n) is 2.15. The molecule has 0 spiro atoms. The molecule has 1 heterocycles. The third kappa shape index (κ3) is 2.79. The fourth-order valence-corrected chi connectivity index (χ4v) is 2.15. The second-order valence-electron chi connectivity index (χ2n) is 4.96. The zero-order chi connectivity index (χ0) is 14.2. The number of benzene rings is 1. The molecule has 106 valence electrons. The second kappa shape index (κ2) is 4.85. The van der Waals surface area contributed by atoms with Crippen LogP contribution in [0.3, 0.4) is 0 Å². The lowest BCUT2D eigenvalue weighted by Crippen LogP contribution is -2.08. The quantitative estimate of drug-likeness (QED) is 0.922. The minimum absolute atomic E-state index is 0.461. The molecule has 1 aliphatic carbocycles. The molecule has 20 heavy (non-hydrogen) atoms. The Kier molecular flexibility index (Phi) is 3.16. The van der Waals surface area contributed by atoms with Crippen LogP contribution in [0, 0.1) is 0 Å². The van der Waals surface area contributed by atoms with Crippen molar-refractivity contribution in [1.29, 1.82) is 0 Å². The van der Waals surface area contributed by atoms with Crippen LogP contribution < -0.4 is 5.32 Å². The molecule has 1 saturated carbocycles. The molecule has 1 aliphatic rings. The van der Waals surface area contributed by atoms with E-state index in [9.17, 15) is 13.2 Å². The van der Waals surface area contributed by atoms with Gasteiger partial charge in [0.1, 0.15) is 0 Å². The topological polar surface area (TPSA) is 29.9 Å². The maximum Gasteiger partial charge on any atom is 0.416 e. The summed E-state index contributed by atoms with van der Waals surface area (Å²) in [4.78, 5) is 4.10. The highest BCUT2D eigenvalue weighted by atomic mass is 19.4. The van der Waals surface area contributed by atoms with Gasteiger partial charge in [0.25, 0.3) is 0 Å². The lowest BCUT2D eigenvalue weighted by molar-refractivity contribution is -0.137. The summed E-state index contributed by atoms with van der Waals surface area (Å²) in [7, 11) is 0. The Morgan fingerprint density at radius 2 is 2.10 bits per heavy atom. The van der Waals surface area contributed by atoms with Crippen molar-refractivity contribution in [2.45, 2.75) is 31.6 Å². The van der Waals surface area contributed by atoms with Gasteiger partial charge in [-0.3, -0.25) is 0 Å². The van der Waals surface area contributed by atoms with Gasteiger partial charge in [-0.05, 0) is 31.0 Å². The van der Waals surface area contributed by atoms with Crippen molar-refractivity contribution in [1.82, 2.24) is 9.55 Å². The third-order valence-corrected chi connectivity index (χ3v) is 3.35. The molecule has 1 aromatic heterocycles. The normalized spacial score (nSPS) is 15.3. The van der Waals surface area contributed by atoms with Crippen LogP contribution in [0.25, 0.3) is 0 Å². The minimum Gasteiger partial charge on any atom is -0.379 e. The van der Waals surface area contributed by atoms with Gasteiger partial charge < -0.3 is 9.88 Å². The average Bonchev–Trinajstić information content (AvgIpc) is 3.15. The van der Waals surface area contributed by atoms with Crippen LogP contribution in [-0.2, 0) is 12.7 Å². The Morgan fingerprint density at radius 3 is 2.80 bits per heavy atom. The van der Waals surface area contributed by atoms with E-state index in [1.54, 1.807) is 18.6 Å². The third-order valence-electron chi connectivity index (χ3n) is 3.35. The van der Waals surface area contributed by atoms with Gasteiger partial charge in [-0.15, -0.1) is 0 Å². The maximum atomic E-state index is 12.6. The van der Waals surface area contributed by atoms with Crippen molar-refractivity contribution >= 4 is 5.69 Å². The first-order valence-corrected chi connectivity index (χ1v) is 6.46. The number of nitrogens with zero attached hydrogens (tertiary/aromatic N) is 2. The van der Waals surface area contributed by atoms with E-state index in [0.717, 1.165) is 30.7 Å². The van der Waals surface area contributed by atoms with Crippen LogP contribution in [0.4, 0.5) is 18.9 Å². The Hall–Kier alpha value is -1.98. The molecule has 0 bridgehead atoms. The number of nitrogens with one attached hydrogen (secondary N) is 1. The summed E-state index contributed by atoms with van der Waals surface area (Å²) in [6.07, 6.45) is 1.51. The molecule has 0 radical (unpaired) electrons. The van der Waals surface area contributed by atoms with E-state index in [0.29, 0.717) is 18.3 Å². The van der Waals surface area contributed by atoms with Gasteiger partial charge in [-0.2, -0.15) is 13.2 Å². The summed E-state index contributed by atoms with van der Waals surface area (Å²) in [6, 6.07) is 5.74. The molecule has 1 fully saturated rings. The summed E-state index contributed by atoms with van der Waals surface area (Å²) in [5.74, 6) is 0. The summed E-state index contributed by atoms with van der Waals surface area (Å²) >= 11 is 0. The molecule has 0 saturated heterocycles. The maximum absolute atomic E-state index is 12.6. The molecular formula is C14H14F3N3. The second-order valence-corrected chi connectivity index (χ2v) is 4.96. The summed E-state index contributed by atoms with van der Waals surface area (Å²) in [5.41, 5.74) is 0.812. The number of hydrogen-bond acceptors (Lipinski definition) is 2. The van der Waals surface area contributed by atoms with Gasteiger partial charge in [0.2, 0.25) is 0 Å². The molecule has 6 heteroatoms. The molecule has 3 rings (SSSR count). The largest absolute Gasteiger partial charge is 0.416 e. The molecule has 0 atom stereocenters. The molecule has 1 N–H and O–H groups in total. The van der Waals surface area contributed by atoms with Gasteiger partial charge in [-0.25, -0.2) is 4.98 Å². The summed E-state index contributed by atoms with van der Waals surface area (Å²) < 4.78 is 39.9. The molecular weight excluding hydrogens is 267 g/mol. The monoisotopic (exact) mass is 281 g/mol. The van der Waals surface area contributed by atoms with Crippen LogP contribution in [0.1, 0.15) is 30.1 Å². The van der Waals surface area contributed by atoms with Gasteiger partial charge in [0, 0.05) is 17.9 Å². The van der Waals surface area contributed by atoms with Gasteiger partial charge in [0.05, 0.1) is 24.1 Å². The Bertz CT molecular complexity index is 600. The molecule has 0 unspecified atom stereocenters.